The van der Waals surface area contributed by atoms with Crippen LogP contribution >= 0.6 is 0 Å². The maximum absolute atomic E-state index is 12.1. The van der Waals surface area contributed by atoms with E-state index in [1.54, 1.807) is 6.07 Å². The molecule has 1 amide bonds. The lowest BCUT2D eigenvalue weighted by Gasteiger charge is -2.20. The first-order chi connectivity index (χ1) is 8.35. The topological polar surface area (TPSA) is 80.0 Å². The molecule has 1 aromatic heterocycles. The maximum Gasteiger partial charge on any atom is 0.251 e. The molecular formula is C13H22N4O. The van der Waals surface area contributed by atoms with Crippen LogP contribution in [0.5, 0.6) is 0 Å². The molecule has 0 aromatic carbocycles. The van der Waals surface area contributed by atoms with Crippen molar-refractivity contribution in [3.8, 4) is 0 Å². The van der Waals surface area contributed by atoms with E-state index in [4.69, 9.17) is 5.84 Å². The molecule has 1 heterocycles. The average Bonchev–Trinajstić information content (AvgIpc) is 2.26. The quantitative estimate of drug-likeness (QED) is 0.563. The third kappa shape index (κ3) is 4.33. The number of nitrogens with two attached hydrogens (primary N) is 1. The van der Waals surface area contributed by atoms with Gasteiger partial charge in [-0.05, 0) is 39.3 Å². The molecule has 5 nitrogen and oxygen atoms in total. The van der Waals surface area contributed by atoms with E-state index in [0.717, 1.165) is 18.5 Å². The smallest absolute Gasteiger partial charge is 0.251 e. The molecule has 5 heteroatoms. The van der Waals surface area contributed by atoms with Crippen LogP contribution in [-0.4, -0.2) is 16.4 Å². The number of nitrogens with one attached hydrogen (secondary N) is 2. The van der Waals surface area contributed by atoms with E-state index in [9.17, 15) is 4.79 Å². The van der Waals surface area contributed by atoms with Gasteiger partial charge in [0.1, 0.15) is 5.82 Å². The fourth-order valence-corrected chi connectivity index (χ4v) is 1.59. The third-order valence-electron chi connectivity index (χ3n) is 2.28. The van der Waals surface area contributed by atoms with Crippen molar-refractivity contribution in [2.75, 3.05) is 5.43 Å². The number of aryl methyl sites for hydroxylation is 1. The molecule has 0 saturated carbocycles. The summed E-state index contributed by atoms with van der Waals surface area (Å²) in [6.07, 6.45) is 1.80. The second-order valence-corrected chi connectivity index (χ2v) is 5.33. The Bertz CT molecular complexity index is 423. The van der Waals surface area contributed by atoms with Crippen molar-refractivity contribution in [1.29, 1.82) is 0 Å². The number of carbonyl (C=O) groups is 1. The predicted octanol–water partition coefficient (Wildman–Crippen LogP) is 1.85. The second kappa shape index (κ2) is 5.82. The zero-order valence-corrected chi connectivity index (χ0v) is 11.5. The Labute approximate surface area is 108 Å². The zero-order chi connectivity index (χ0) is 13.8. The number of amides is 1. The first kappa shape index (κ1) is 14.4. The minimum absolute atomic E-state index is 0.112. The molecule has 0 aliphatic heterocycles. The molecule has 0 radical (unpaired) electrons. The first-order valence-corrected chi connectivity index (χ1v) is 6.16. The molecular weight excluding hydrogens is 228 g/mol. The number of hydrogen-bond acceptors (Lipinski definition) is 4. The standard InChI is InChI=1S/C13H22N4O/c1-5-6-10-7-9(8-11(15-10)17-14)12(18)16-13(2,3)4/h7-8H,5-6,14H2,1-4H3,(H,15,17)(H,16,18). The predicted molar refractivity (Wildman–Crippen MR) is 73.3 cm³/mol. The Morgan fingerprint density at radius 2 is 2.06 bits per heavy atom. The maximum atomic E-state index is 12.1. The number of anilines is 1. The molecule has 4 N–H and O–H groups in total. The first-order valence-electron chi connectivity index (χ1n) is 6.16. The van der Waals surface area contributed by atoms with Gasteiger partial charge in [-0.25, -0.2) is 10.8 Å². The minimum atomic E-state index is -0.262. The number of rotatable bonds is 4. The molecule has 0 unspecified atom stereocenters. The number of pyridine rings is 1. The van der Waals surface area contributed by atoms with Gasteiger partial charge in [0.15, 0.2) is 0 Å². The lowest BCUT2D eigenvalue weighted by molar-refractivity contribution is 0.0919. The van der Waals surface area contributed by atoms with Crippen molar-refractivity contribution < 1.29 is 4.79 Å². The van der Waals surface area contributed by atoms with E-state index < -0.39 is 0 Å². The van der Waals surface area contributed by atoms with Gasteiger partial charge in [-0.15, -0.1) is 0 Å². The van der Waals surface area contributed by atoms with Crippen molar-refractivity contribution in [2.24, 2.45) is 5.84 Å². The van der Waals surface area contributed by atoms with Gasteiger partial charge in [0.05, 0.1) is 0 Å². The fraction of sp³-hybridized carbons (Fsp3) is 0.538. The summed E-state index contributed by atoms with van der Waals surface area (Å²) in [5.41, 5.74) is 3.68. The number of nitrogen functional groups attached to an aromatic ring is 1. The van der Waals surface area contributed by atoms with Crippen LogP contribution in [0.15, 0.2) is 12.1 Å². The molecule has 1 aromatic rings. The molecule has 0 spiro atoms. The molecule has 0 aliphatic carbocycles. The highest BCUT2D eigenvalue weighted by Gasteiger charge is 2.16. The van der Waals surface area contributed by atoms with E-state index in [2.05, 4.69) is 22.7 Å². The van der Waals surface area contributed by atoms with Crippen LogP contribution in [0.2, 0.25) is 0 Å². The molecule has 0 saturated heterocycles. The van der Waals surface area contributed by atoms with Gasteiger partial charge in [-0.3, -0.25) is 4.79 Å². The Balaban J connectivity index is 3.00. The Hall–Kier alpha value is -1.62. The highest BCUT2D eigenvalue weighted by Crippen LogP contribution is 2.12. The summed E-state index contributed by atoms with van der Waals surface area (Å²) in [7, 11) is 0. The second-order valence-electron chi connectivity index (χ2n) is 5.33. The molecule has 0 fully saturated rings. The van der Waals surface area contributed by atoms with Gasteiger partial charge in [0.25, 0.3) is 5.91 Å². The minimum Gasteiger partial charge on any atom is -0.347 e. The molecule has 0 aliphatic rings. The number of hydrazine groups is 1. The lowest BCUT2D eigenvalue weighted by Crippen LogP contribution is -2.40. The summed E-state index contributed by atoms with van der Waals surface area (Å²) >= 11 is 0. The molecule has 0 bridgehead atoms. The van der Waals surface area contributed by atoms with Crippen LogP contribution in [0.4, 0.5) is 5.82 Å². The van der Waals surface area contributed by atoms with E-state index >= 15 is 0 Å². The average molecular weight is 250 g/mol. The Kier molecular flexibility index (Phi) is 4.67. The summed E-state index contributed by atoms with van der Waals surface area (Å²) in [5, 5.41) is 2.92. The van der Waals surface area contributed by atoms with Crippen LogP contribution in [0.1, 0.15) is 50.2 Å². The van der Waals surface area contributed by atoms with Crippen molar-refractivity contribution in [2.45, 2.75) is 46.1 Å². The van der Waals surface area contributed by atoms with Gasteiger partial charge in [0.2, 0.25) is 0 Å². The summed E-state index contributed by atoms with van der Waals surface area (Å²) in [5.74, 6) is 5.77. The van der Waals surface area contributed by atoms with E-state index in [0.29, 0.717) is 11.4 Å². The van der Waals surface area contributed by atoms with Gasteiger partial charge >= 0.3 is 0 Å². The Morgan fingerprint density at radius 3 is 2.56 bits per heavy atom. The molecule has 0 atom stereocenters. The third-order valence-corrected chi connectivity index (χ3v) is 2.28. The summed E-state index contributed by atoms with van der Waals surface area (Å²) in [6, 6.07) is 3.46. The lowest BCUT2D eigenvalue weighted by atomic mass is 10.1. The van der Waals surface area contributed by atoms with Crippen LogP contribution in [-0.2, 0) is 6.42 Å². The Morgan fingerprint density at radius 1 is 1.39 bits per heavy atom. The van der Waals surface area contributed by atoms with Crippen molar-refractivity contribution in [3.63, 3.8) is 0 Å². The van der Waals surface area contributed by atoms with E-state index in [1.165, 1.54) is 0 Å². The van der Waals surface area contributed by atoms with Gasteiger partial charge in [-0.1, -0.05) is 13.3 Å². The number of aromatic nitrogens is 1. The highest BCUT2D eigenvalue weighted by molar-refractivity contribution is 5.95. The zero-order valence-electron chi connectivity index (χ0n) is 11.5. The number of carbonyl (C=O) groups excluding carboxylic acids is 1. The van der Waals surface area contributed by atoms with Crippen molar-refractivity contribution in [3.05, 3.63) is 23.4 Å². The van der Waals surface area contributed by atoms with Crippen LogP contribution in [0.3, 0.4) is 0 Å². The van der Waals surface area contributed by atoms with Gasteiger partial charge in [0, 0.05) is 16.8 Å². The SMILES string of the molecule is CCCc1cc(C(=O)NC(C)(C)C)cc(NN)n1. The van der Waals surface area contributed by atoms with Crippen LogP contribution in [0.25, 0.3) is 0 Å². The molecule has 1 rings (SSSR count). The monoisotopic (exact) mass is 250 g/mol. The summed E-state index contributed by atoms with van der Waals surface area (Å²) in [6.45, 7) is 7.91. The largest absolute Gasteiger partial charge is 0.347 e. The van der Waals surface area contributed by atoms with Crippen LogP contribution in [0, 0.1) is 0 Å². The van der Waals surface area contributed by atoms with Crippen LogP contribution < -0.4 is 16.6 Å². The summed E-state index contributed by atoms with van der Waals surface area (Å²) < 4.78 is 0. The normalized spacial score (nSPS) is 11.2. The van der Waals surface area contributed by atoms with Gasteiger partial charge < -0.3 is 10.7 Å². The van der Waals surface area contributed by atoms with Crippen molar-refractivity contribution in [1.82, 2.24) is 10.3 Å². The summed E-state index contributed by atoms with van der Waals surface area (Å²) in [4.78, 5) is 16.4. The highest BCUT2D eigenvalue weighted by atomic mass is 16.1. The fourth-order valence-electron chi connectivity index (χ4n) is 1.59. The molecule has 100 valence electrons. The van der Waals surface area contributed by atoms with E-state index in [-0.39, 0.29) is 11.4 Å². The molecule has 18 heavy (non-hydrogen) atoms. The van der Waals surface area contributed by atoms with E-state index in [1.807, 2.05) is 26.8 Å². The number of nitrogens with zero attached hydrogens (tertiary/aromatic N) is 1. The van der Waals surface area contributed by atoms with Crippen molar-refractivity contribution >= 4 is 11.7 Å². The van der Waals surface area contributed by atoms with Gasteiger partial charge in [-0.2, -0.15) is 0 Å². The number of hydrogen-bond donors (Lipinski definition) is 3.